The number of Topliss-reactive ketones (excluding diaryl/α,β-unsaturated/α-hetero) is 1. The first kappa shape index (κ1) is 137. The fraction of sp³-hybridized carbons (Fsp3) is 0.782. The third-order valence-corrected chi connectivity index (χ3v) is 29.5. The lowest BCUT2D eigenvalue weighted by atomic mass is 9.89. The molecular weight excluding hydrogens is 1900 g/mol. The van der Waals surface area contributed by atoms with Gasteiger partial charge in [0.25, 0.3) is 5.43 Å². The van der Waals surface area contributed by atoms with Crippen molar-refractivity contribution < 1.29 is 9.53 Å². The summed E-state index contributed by atoms with van der Waals surface area (Å²) in [7, 11) is 13.7. The molecule has 828 valence electrons. The molecule has 0 atom stereocenters. The molecule has 6 rings (SSSR count). The molecule has 0 heterocycles. The number of allylic oxidation sites excluding steroid dienone is 4. The average Bonchev–Trinajstić information content (AvgIpc) is 0.757. The maximum Gasteiger partial charge on any atom is 0.251 e. The first-order chi connectivity index (χ1) is 67.1. The Morgan fingerprint density at radius 3 is 0.882 bits per heavy atom. The van der Waals surface area contributed by atoms with E-state index < -0.39 is 0 Å². The van der Waals surface area contributed by atoms with E-state index in [-0.39, 0.29) is 38.5 Å². The summed E-state index contributed by atoms with van der Waals surface area (Å²) in [6.45, 7) is 79.2. The number of likely N-dealkylation sites (N-methyl/N-ethyl adjacent to an activating group) is 1. The number of nitrogens with one attached hydrogen (secondary N) is 4. The van der Waals surface area contributed by atoms with Gasteiger partial charge in [0.2, 0.25) is 27.5 Å². The van der Waals surface area contributed by atoms with Gasteiger partial charge < -0.3 is 65.2 Å². The second kappa shape index (κ2) is 70.2. The van der Waals surface area contributed by atoms with Gasteiger partial charge in [-0.05, 0) is 201 Å². The van der Waals surface area contributed by atoms with Crippen LogP contribution in [-0.2, 0) is 9.53 Å². The Hall–Kier alpha value is -5.12. The number of carbonyl (C=O) groups is 1. The molecule has 0 aromatic heterocycles. The molecule has 0 bridgehead atoms. The smallest absolute Gasteiger partial charge is 0.251 e. The molecule has 0 saturated carbocycles. The largest absolute Gasteiger partial charge is 0.383 e. The molecule has 0 amide bonds. The van der Waals surface area contributed by atoms with Crippen LogP contribution in [0.1, 0.15) is 411 Å². The maximum atomic E-state index is 12.5. The van der Waals surface area contributed by atoms with Crippen LogP contribution in [0.3, 0.4) is 0 Å². The first-order valence-electron chi connectivity index (χ1n) is 55.9. The summed E-state index contributed by atoms with van der Waals surface area (Å²) >= 11 is 27.1. The lowest BCUT2D eigenvalue weighted by Gasteiger charge is -2.38. The van der Waals surface area contributed by atoms with E-state index in [4.69, 9.17) is 53.6 Å². The van der Waals surface area contributed by atoms with Gasteiger partial charge in [-0.2, -0.15) is 0 Å². The molecule has 4 N–H and O–H groups in total. The molecule has 4 aromatic rings. The van der Waals surface area contributed by atoms with Crippen LogP contribution in [0.5, 0.6) is 0 Å². The van der Waals surface area contributed by atoms with Gasteiger partial charge in [-0.25, -0.2) is 0 Å². The highest BCUT2D eigenvalue weighted by Crippen LogP contribution is 2.38. The topological polar surface area (TPSA) is 186 Å². The number of unbranched alkanes of at least 4 members (excludes halogenated alkanes) is 20. The number of rotatable bonds is 67. The van der Waals surface area contributed by atoms with E-state index >= 15 is 0 Å². The van der Waals surface area contributed by atoms with Crippen molar-refractivity contribution in [3.63, 3.8) is 0 Å². The summed E-state index contributed by atoms with van der Waals surface area (Å²) in [5.41, 5.74) is 11.5. The monoisotopic (exact) mass is 2120 g/mol. The molecule has 25 heteroatoms. The van der Waals surface area contributed by atoms with E-state index in [2.05, 4.69) is 271 Å². The Morgan fingerprint density at radius 1 is 0.319 bits per heavy atom. The molecule has 2 aliphatic rings. The van der Waals surface area contributed by atoms with Gasteiger partial charge in [-0.3, -0.25) is 28.8 Å². The molecule has 0 saturated heterocycles. The maximum absolute atomic E-state index is 12.5. The molecule has 19 nitrogen and oxygen atoms in total. The van der Waals surface area contributed by atoms with Gasteiger partial charge in [0.1, 0.15) is 36.3 Å². The van der Waals surface area contributed by atoms with Crippen molar-refractivity contribution in [3.05, 3.63) is 111 Å². The zero-order valence-electron chi connectivity index (χ0n) is 98.3. The van der Waals surface area contributed by atoms with Crippen LogP contribution < -0.4 is 68.0 Å². The molecule has 0 aliphatic heterocycles. The van der Waals surface area contributed by atoms with Gasteiger partial charge >= 0.3 is 0 Å². The third kappa shape index (κ3) is 55.2. The average molecular weight is 2120 g/mol. The van der Waals surface area contributed by atoms with Crippen molar-refractivity contribution in [1.82, 2.24) is 24.9 Å². The number of hydrogen-bond acceptors (Lipinski definition) is 25. The van der Waals surface area contributed by atoms with E-state index in [1.54, 1.807) is 7.11 Å². The van der Waals surface area contributed by atoms with Crippen LogP contribution in [0.15, 0.2) is 75.2 Å². The minimum Gasteiger partial charge on any atom is -0.383 e. The van der Waals surface area contributed by atoms with Crippen LogP contribution in [0.25, 0.3) is 0 Å². The van der Waals surface area contributed by atoms with Crippen molar-refractivity contribution >= 4 is 124 Å². The number of thiol groups is 1. The van der Waals surface area contributed by atoms with E-state index in [1.807, 2.05) is 37.2 Å². The zero-order chi connectivity index (χ0) is 110. The number of carbonyl (C=O) groups excluding carboxylic acids is 1. The quantitative estimate of drug-likeness (QED) is 0.00701. The van der Waals surface area contributed by atoms with Crippen LogP contribution in [0.2, 0.25) is 0 Å². The van der Waals surface area contributed by atoms with Crippen molar-refractivity contribution in [2.75, 3.05) is 196 Å². The summed E-state index contributed by atoms with van der Waals surface area (Å²) in [6.07, 6.45) is 48.8. The molecule has 0 radical (unpaired) electrons. The lowest BCUT2D eigenvalue weighted by molar-refractivity contribution is -0.114. The van der Waals surface area contributed by atoms with Crippen molar-refractivity contribution in [3.8, 4) is 0 Å². The van der Waals surface area contributed by atoms with E-state index in [9.17, 15) is 28.8 Å². The Balaban J connectivity index is 0.000000890. The van der Waals surface area contributed by atoms with Gasteiger partial charge in [0.15, 0.2) is 0 Å². The van der Waals surface area contributed by atoms with Gasteiger partial charge in [0.05, 0.1) is 50.5 Å². The predicted octanol–water partition coefficient (Wildman–Crippen LogP) is 29.6. The Bertz CT molecular complexity index is 4680. The Labute approximate surface area is 911 Å². The summed E-state index contributed by atoms with van der Waals surface area (Å²) < 4.78 is 6.43. The standard InChI is InChI=1S/C31H59N3OS.C30H57N3OS.C17H30N2S.C15H26N2O2S.C13H21NO2S.C13H21NOS/c1-7-9-11-13-15-17-24-34(25-18-16-14-12-10-8-2)26-20-22-32-27-28(30(36)29(27)35)33(6)23-19-21-31(3,4)5;1-7-9-11-13-15-17-23-33(24-18-16-14-12-10-8-2)25-21-31-26-27(29(35)28(26)34)32(6)22-19-20-30(3,4)5;1-12-13(18-17(5,6)7)14(15(12)20)19(8)11-9-10-16(2,3)4;1-15(2,3)7-6-9-17(4)12-11(13(18)14(12)20)16-8-10-19-5;1-13(2,3)7-6-8-14(4)9-10(15)11(16)12(9)17-5;1-9-11(15)10(12(9)16)14(5)8-6-7-13(2,3)4/h32H,7-26H2,1-6H3;31H,7-25H2,1-6H3;18H,1,9-11H2,2-8H3;16H,6-10H2,1-5H3;6-8H2,1-5H3;16H,1,6-8H2,2-5H3. The number of ketones is 1. The molecule has 0 spiro atoms. The van der Waals surface area contributed by atoms with Crippen LogP contribution in [0.4, 0.5) is 39.8 Å². The van der Waals surface area contributed by atoms with Crippen molar-refractivity contribution in [1.29, 1.82) is 0 Å². The van der Waals surface area contributed by atoms with Crippen LogP contribution in [-0.4, -0.2) is 196 Å². The molecule has 144 heavy (non-hydrogen) atoms. The molecule has 0 unspecified atom stereocenters. The highest BCUT2D eigenvalue weighted by molar-refractivity contribution is 7.98. The minimum absolute atomic E-state index is 0.0241. The summed E-state index contributed by atoms with van der Waals surface area (Å²) in [6, 6.07) is 0. The Morgan fingerprint density at radius 2 is 0.590 bits per heavy atom. The van der Waals surface area contributed by atoms with E-state index in [1.165, 1.54) is 218 Å². The van der Waals surface area contributed by atoms with E-state index in [0.29, 0.717) is 81.0 Å². The summed E-state index contributed by atoms with van der Waals surface area (Å²) in [5, 5.41) is 13.5. The molecule has 0 fully saturated rings. The third-order valence-electron chi connectivity index (χ3n) is 26.6. The number of thiocarbonyl (C=S) groups is 1. The second-order valence-corrected chi connectivity index (χ2v) is 52.4. The van der Waals surface area contributed by atoms with Crippen LogP contribution >= 0.6 is 73.3 Å². The van der Waals surface area contributed by atoms with Gasteiger partial charge in [-0.1, -0.05) is 343 Å². The van der Waals surface area contributed by atoms with E-state index in [0.717, 1.165) is 184 Å². The number of nitrogens with zero attached hydrogens (tertiary/aromatic N) is 8. The fourth-order valence-electron chi connectivity index (χ4n) is 17.8. The van der Waals surface area contributed by atoms with Crippen molar-refractivity contribution in [2.45, 2.75) is 421 Å². The number of thioether (sulfide) groups is 1. The number of anilines is 7. The fourth-order valence-corrected chi connectivity index (χ4v) is 20.3. The lowest BCUT2D eigenvalue weighted by Crippen LogP contribution is -2.45. The highest BCUT2D eigenvalue weighted by atomic mass is 32.2. The minimum atomic E-state index is -0.326. The summed E-state index contributed by atoms with van der Waals surface area (Å²) in [4.78, 5) is 91.2. The summed E-state index contributed by atoms with van der Waals surface area (Å²) in [5.74, 6) is 0.0447. The first-order valence-corrected chi connectivity index (χ1v) is 59.2. The van der Waals surface area contributed by atoms with Crippen LogP contribution in [0, 0.1) is 46.0 Å². The predicted molar refractivity (Wildman–Crippen MR) is 652 cm³/mol. The SMILES string of the molecule is C=C1C(=O)C(N(C)CCCC(C)(C)C)=C1S.C=C1C(=S)C(N(C)CCCC(C)(C)C)=C1NC(C)(C)C.CCCCCCCCN(CCCCCCCC)CCCNc1c(N(C)CCCC(C)(C)C)c(=S)c1=O.CCCCCCCCN(CCCCCCCC)CCNc1c(N(C)CCCC(C)(C)C)c(=S)c1=O.COCCNc1c(N(C)CCCC(C)(C)C)c(=S)c1=O.CSc1c(N(C)CCCC(C)(C)C)c(=O)c1=O. The highest BCUT2D eigenvalue weighted by Gasteiger charge is 2.35. The number of methoxy groups -OCH3 is 1. The number of hydrogen-bond donors (Lipinski definition) is 5. The van der Waals surface area contributed by atoms with Gasteiger partial charge in [0, 0.05) is 136 Å². The normalized spacial score (nSPS) is 13.1. The molecular formula is C119H214N12O7S6. The molecule has 2 aliphatic carbocycles. The van der Waals surface area contributed by atoms with Gasteiger partial charge in [-0.15, -0.1) is 24.4 Å². The second-order valence-electron chi connectivity index (χ2n) is 49.5. The molecule has 4 aromatic carbocycles. The van der Waals surface area contributed by atoms with Crippen molar-refractivity contribution in [2.24, 2.45) is 32.5 Å². The Kier molecular flexibility index (Phi) is 66.7. The number of ether oxygens (including phenoxy) is 1. The zero-order valence-corrected chi connectivity index (χ0v) is 103.